The Balaban J connectivity index is 4.05. The van der Waals surface area contributed by atoms with Gasteiger partial charge >= 0.3 is 5.97 Å². The molecule has 1 N–H and O–H groups in total. The second-order valence-corrected chi connectivity index (χ2v) is 5.34. The lowest BCUT2D eigenvalue weighted by atomic mass is 9.94. The number of unbranched alkanes of at least 4 members (excludes halogenated alkanes) is 1. The fraction of sp³-hybridized carbons (Fsp3) is 0.933. The Bertz CT molecular complexity index is 262. The number of rotatable bonds is 12. The highest BCUT2D eigenvalue weighted by molar-refractivity contribution is 5.80. The van der Waals surface area contributed by atoms with Gasteiger partial charge in [-0.15, -0.1) is 0 Å². The molecule has 0 bridgehead atoms. The van der Waals surface area contributed by atoms with Gasteiger partial charge in [-0.2, -0.15) is 0 Å². The lowest BCUT2D eigenvalue weighted by molar-refractivity contribution is -0.150. The number of nitrogens with one attached hydrogen (secondary N) is 1. The quantitative estimate of drug-likeness (QED) is 0.437. The largest absolute Gasteiger partial charge is 0.465 e. The van der Waals surface area contributed by atoms with E-state index in [0.29, 0.717) is 6.61 Å². The van der Waals surface area contributed by atoms with Crippen LogP contribution in [0.3, 0.4) is 0 Å². The average molecular weight is 288 g/mol. The number of esters is 1. The summed E-state index contributed by atoms with van der Waals surface area (Å²) in [5.41, 5.74) is -0.560. The van der Waals surface area contributed by atoms with Crippen molar-refractivity contribution in [3.8, 4) is 0 Å². The van der Waals surface area contributed by atoms with Crippen LogP contribution in [-0.2, 0) is 14.3 Å². The minimum absolute atomic E-state index is 0.144. The van der Waals surface area contributed by atoms with Crippen molar-refractivity contribution in [3.63, 3.8) is 0 Å². The van der Waals surface area contributed by atoms with Gasteiger partial charge in [0, 0.05) is 13.7 Å². The second kappa shape index (κ2) is 11.1. The van der Waals surface area contributed by atoms with Crippen molar-refractivity contribution in [2.45, 2.75) is 45.6 Å². The summed E-state index contributed by atoms with van der Waals surface area (Å²) in [4.78, 5) is 14.3. The maximum atomic E-state index is 12.0. The van der Waals surface area contributed by atoms with E-state index in [4.69, 9.17) is 9.47 Å². The minimum Gasteiger partial charge on any atom is -0.465 e. The molecule has 0 heterocycles. The summed E-state index contributed by atoms with van der Waals surface area (Å²) in [7, 11) is 3.81. The first-order valence-corrected chi connectivity index (χ1v) is 7.59. The standard InChI is InChI=1S/C15H32N2O3/c1-6-16-15(3,14(18)20-7-2)10-8-9-11-17(4)12-13-19-5/h16H,6-13H2,1-5H3. The summed E-state index contributed by atoms with van der Waals surface area (Å²) in [6, 6.07) is 0. The Kier molecular flexibility index (Phi) is 10.7. The van der Waals surface area contributed by atoms with Crippen molar-refractivity contribution < 1.29 is 14.3 Å². The molecule has 0 aromatic carbocycles. The van der Waals surface area contributed by atoms with Gasteiger partial charge in [-0.25, -0.2) is 0 Å². The van der Waals surface area contributed by atoms with Gasteiger partial charge in [0.25, 0.3) is 0 Å². The molecular formula is C15H32N2O3. The van der Waals surface area contributed by atoms with Gasteiger partial charge in [-0.1, -0.05) is 6.92 Å². The molecule has 0 saturated carbocycles. The van der Waals surface area contributed by atoms with E-state index in [9.17, 15) is 4.79 Å². The molecule has 0 spiro atoms. The van der Waals surface area contributed by atoms with Crippen LogP contribution in [-0.4, -0.2) is 63.4 Å². The third-order valence-electron chi connectivity index (χ3n) is 3.44. The molecule has 0 aromatic rings. The zero-order valence-electron chi connectivity index (χ0n) is 13.8. The predicted molar refractivity (Wildman–Crippen MR) is 81.9 cm³/mol. The molecule has 1 unspecified atom stereocenters. The first-order valence-electron chi connectivity index (χ1n) is 7.59. The molecule has 0 fully saturated rings. The number of hydrogen-bond acceptors (Lipinski definition) is 5. The molecule has 1 atom stereocenters. The van der Waals surface area contributed by atoms with Crippen LogP contribution >= 0.6 is 0 Å². The highest BCUT2D eigenvalue weighted by atomic mass is 16.5. The first-order chi connectivity index (χ1) is 9.50. The van der Waals surface area contributed by atoms with Crippen molar-refractivity contribution >= 4 is 5.97 Å². The Labute approximate surface area is 124 Å². The van der Waals surface area contributed by atoms with E-state index in [1.54, 1.807) is 7.11 Å². The monoisotopic (exact) mass is 288 g/mol. The van der Waals surface area contributed by atoms with E-state index < -0.39 is 5.54 Å². The van der Waals surface area contributed by atoms with Gasteiger partial charge in [-0.05, 0) is 53.2 Å². The highest BCUT2D eigenvalue weighted by Gasteiger charge is 2.32. The topological polar surface area (TPSA) is 50.8 Å². The summed E-state index contributed by atoms with van der Waals surface area (Å²) in [5.74, 6) is -0.144. The van der Waals surface area contributed by atoms with Crippen molar-refractivity contribution in [2.75, 3.05) is 47.0 Å². The van der Waals surface area contributed by atoms with Gasteiger partial charge in [-0.3, -0.25) is 4.79 Å². The number of methoxy groups -OCH3 is 1. The number of carbonyl (C=O) groups is 1. The lowest BCUT2D eigenvalue weighted by Gasteiger charge is -2.28. The molecule has 0 radical (unpaired) electrons. The summed E-state index contributed by atoms with van der Waals surface area (Å²) in [6.45, 7) is 9.71. The lowest BCUT2D eigenvalue weighted by Crippen LogP contribution is -2.50. The smallest absolute Gasteiger partial charge is 0.326 e. The van der Waals surface area contributed by atoms with E-state index in [2.05, 4.69) is 17.3 Å². The van der Waals surface area contributed by atoms with E-state index in [1.807, 2.05) is 20.8 Å². The number of ether oxygens (including phenoxy) is 2. The van der Waals surface area contributed by atoms with Crippen molar-refractivity contribution in [1.29, 1.82) is 0 Å². The van der Waals surface area contributed by atoms with E-state index in [1.165, 1.54) is 0 Å². The Hall–Kier alpha value is -0.650. The Morgan fingerprint density at radius 2 is 1.95 bits per heavy atom. The van der Waals surface area contributed by atoms with Gasteiger partial charge in [0.1, 0.15) is 5.54 Å². The average Bonchev–Trinajstić information content (AvgIpc) is 2.42. The molecule has 0 aliphatic rings. The van der Waals surface area contributed by atoms with E-state index >= 15 is 0 Å². The highest BCUT2D eigenvalue weighted by Crippen LogP contribution is 2.16. The molecule has 0 saturated heterocycles. The Morgan fingerprint density at radius 1 is 1.25 bits per heavy atom. The third-order valence-corrected chi connectivity index (χ3v) is 3.44. The zero-order valence-corrected chi connectivity index (χ0v) is 13.8. The van der Waals surface area contributed by atoms with Gasteiger partial charge in [0.2, 0.25) is 0 Å². The third kappa shape index (κ3) is 7.82. The molecule has 0 aliphatic carbocycles. The van der Waals surface area contributed by atoms with E-state index in [-0.39, 0.29) is 5.97 Å². The van der Waals surface area contributed by atoms with Crippen molar-refractivity contribution in [1.82, 2.24) is 10.2 Å². The molecule has 0 aromatic heterocycles. The molecule has 120 valence electrons. The van der Waals surface area contributed by atoms with Crippen molar-refractivity contribution in [2.24, 2.45) is 0 Å². The molecular weight excluding hydrogens is 256 g/mol. The van der Waals surface area contributed by atoms with Crippen LogP contribution in [0.5, 0.6) is 0 Å². The molecule has 5 heteroatoms. The minimum atomic E-state index is -0.560. The van der Waals surface area contributed by atoms with Crippen LogP contribution in [0.15, 0.2) is 0 Å². The second-order valence-electron chi connectivity index (χ2n) is 5.34. The number of likely N-dealkylation sites (N-methyl/N-ethyl adjacent to an activating group) is 2. The summed E-state index contributed by atoms with van der Waals surface area (Å²) in [6.07, 6.45) is 2.87. The maximum absolute atomic E-state index is 12.0. The number of nitrogens with zero attached hydrogens (tertiary/aromatic N) is 1. The Morgan fingerprint density at radius 3 is 2.50 bits per heavy atom. The first kappa shape index (κ1) is 19.4. The van der Waals surface area contributed by atoms with E-state index in [0.717, 1.165) is 45.5 Å². The van der Waals surface area contributed by atoms with Crippen LogP contribution < -0.4 is 5.32 Å². The fourth-order valence-corrected chi connectivity index (χ4v) is 2.16. The predicted octanol–water partition coefficient (Wildman–Crippen LogP) is 1.67. The van der Waals surface area contributed by atoms with Crippen LogP contribution in [0.4, 0.5) is 0 Å². The SMILES string of the molecule is CCNC(C)(CCCCN(C)CCOC)C(=O)OCC. The summed E-state index contributed by atoms with van der Waals surface area (Å²) >= 11 is 0. The molecule has 0 amide bonds. The molecule has 0 aliphatic heterocycles. The van der Waals surface area contributed by atoms with Gasteiger partial charge < -0.3 is 19.7 Å². The van der Waals surface area contributed by atoms with Crippen molar-refractivity contribution in [3.05, 3.63) is 0 Å². The number of hydrogen-bond donors (Lipinski definition) is 1. The summed E-state index contributed by atoms with van der Waals surface area (Å²) in [5, 5.41) is 3.26. The normalized spacial score (nSPS) is 14.3. The number of carbonyl (C=O) groups excluding carboxylic acids is 1. The summed E-state index contributed by atoms with van der Waals surface area (Å²) < 4.78 is 10.2. The van der Waals surface area contributed by atoms with Gasteiger partial charge in [0.15, 0.2) is 0 Å². The molecule has 20 heavy (non-hydrogen) atoms. The molecule has 0 rings (SSSR count). The maximum Gasteiger partial charge on any atom is 0.326 e. The molecule has 5 nitrogen and oxygen atoms in total. The zero-order chi connectivity index (χ0) is 15.4. The fourth-order valence-electron chi connectivity index (χ4n) is 2.16. The van der Waals surface area contributed by atoms with Crippen LogP contribution in [0.2, 0.25) is 0 Å². The van der Waals surface area contributed by atoms with Crippen LogP contribution in [0.25, 0.3) is 0 Å². The van der Waals surface area contributed by atoms with Crippen LogP contribution in [0.1, 0.15) is 40.0 Å². The van der Waals surface area contributed by atoms with Gasteiger partial charge in [0.05, 0.1) is 13.2 Å². The van der Waals surface area contributed by atoms with Crippen LogP contribution in [0, 0.1) is 0 Å².